The Balaban J connectivity index is 1.99. The van der Waals surface area contributed by atoms with E-state index in [0.29, 0.717) is 0 Å². The van der Waals surface area contributed by atoms with Gasteiger partial charge in [0.15, 0.2) is 0 Å². The second-order valence-corrected chi connectivity index (χ2v) is 4.21. The van der Waals surface area contributed by atoms with Gasteiger partial charge in [0, 0.05) is 11.5 Å². The zero-order chi connectivity index (χ0) is 11.0. The van der Waals surface area contributed by atoms with Crippen LogP contribution in [0.25, 0.3) is 0 Å². The number of carbonyl (C=O) groups is 1. The minimum Gasteiger partial charge on any atom is -0.345 e. The molecule has 2 heteroatoms. The summed E-state index contributed by atoms with van der Waals surface area (Å²) in [5.74, 6) is 0.298. The van der Waals surface area contributed by atoms with Gasteiger partial charge in [-0.15, -0.1) is 0 Å². The number of carbonyl (C=O) groups excluding carboxylic acids is 1. The third kappa shape index (κ3) is 1.38. The standard InChI is InChI=1S/C14H13NO/c16-14-12-9-5-4-8-11(12)13(15-14)10-6-2-1-3-7-10/h1-4,6-9,11,13H,5H2,(H,15,16)/t11-,13+/m0/s1. The molecule has 1 aliphatic heterocycles. The highest BCUT2D eigenvalue weighted by molar-refractivity contribution is 5.97. The van der Waals surface area contributed by atoms with E-state index < -0.39 is 0 Å². The molecule has 1 saturated heterocycles. The van der Waals surface area contributed by atoms with Crippen LogP contribution in [0, 0.1) is 5.92 Å². The average molecular weight is 211 g/mol. The van der Waals surface area contributed by atoms with Gasteiger partial charge in [-0.05, 0) is 12.0 Å². The molecule has 2 aliphatic rings. The molecule has 1 aromatic carbocycles. The number of benzene rings is 1. The van der Waals surface area contributed by atoms with E-state index in [0.717, 1.165) is 12.0 Å². The number of allylic oxidation sites excluding steroid dienone is 2. The highest BCUT2D eigenvalue weighted by atomic mass is 16.2. The van der Waals surface area contributed by atoms with Crippen molar-refractivity contribution < 1.29 is 4.79 Å². The van der Waals surface area contributed by atoms with Crippen molar-refractivity contribution in [2.45, 2.75) is 12.5 Å². The zero-order valence-corrected chi connectivity index (χ0v) is 8.89. The summed E-state index contributed by atoms with van der Waals surface area (Å²) < 4.78 is 0. The molecule has 80 valence electrons. The lowest BCUT2D eigenvalue weighted by atomic mass is 9.87. The van der Waals surface area contributed by atoms with Gasteiger partial charge in [-0.25, -0.2) is 0 Å². The Morgan fingerprint density at radius 3 is 2.81 bits per heavy atom. The molecule has 0 unspecified atom stereocenters. The summed E-state index contributed by atoms with van der Waals surface area (Å²) in [6.45, 7) is 0. The zero-order valence-electron chi connectivity index (χ0n) is 8.89. The largest absolute Gasteiger partial charge is 0.345 e. The highest BCUT2D eigenvalue weighted by Gasteiger charge is 2.36. The minimum atomic E-state index is 0.0863. The molecule has 0 aromatic heterocycles. The SMILES string of the molecule is O=C1N[C@H](c2ccccc2)[C@H]2C=CCC=C12. The Kier molecular flexibility index (Phi) is 2.13. The number of amides is 1. The number of rotatable bonds is 1. The quantitative estimate of drug-likeness (QED) is 0.710. The van der Waals surface area contributed by atoms with Crippen LogP contribution in [0.2, 0.25) is 0 Å². The maximum atomic E-state index is 11.8. The van der Waals surface area contributed by atoms with Crippen LogP contribution in [0.5, 0.6) is 0 Å². The van der Waals surface area contributed by atoms with Gasteiger partial charge >= 0.3 is 0 Å². The monoisotopic (exact) mass is 211 g/mol. The molecule has 1 aromatic rings. The van der Waals surface area contributed by atoms with Crippen molar-refractivity contribution in [3.63, 3.8) is 0 Å². The first kappa shape index (κ1) is 9.40. The van der Waals surface area contributed by atoms with Crippen LogP contribution in [0.4, 0.5) is 0 Å². The molecule has 0 saturated carbocycles. The Bertz CT molecular complexity index is 473. The van der Waals surface area contributed by atoms with Crippen molar-refractivity contribution in [1.29, 1.82) is 0 Å². The maximum Gasteiger partial charge on any atom is 0.248 e. The highest BCUT2D eigenvalue weighted by Crippen LogP contribution is 2.37. The Morgan fingerprint density at radius 1 is 1.19 bits per heavy atom. The predicted octanol–water partition coefficient (Wildman–Crippen LogP) is 2.36. The summed E-state index contributed by atoms with van der Waals surface area (Å²) >= 11 is 0. The van der Waals surface area contributed by atoms with Crippen molar-refractivity contribution in [3.05, 3.63) is 59.7 Å². The van der Waals surface area contributed by atoms with E-state index in [2.05, 4.69) is 29.6 Å². The molecule has 2 nitrogen and oxygen atoms in total. The fourth-order valence-corrected chi connectivity index (χ4v) is 2.46. The van der Waals surface area contributed by atoms with E-state index in [9.17, 15) is 4.79 Å². The molecule has 1 N–H and O–H groups in total. The molecule has 1 heterocycles. The lowest BCUT2D eigenvalue weighted by molar-refractivity contribution is -0.116. The molecule has 0 bridgehead atoms. The lowest BCUT2D eigenvalue weighted by Crippen LogP contribution is -2.20. The number of nitrogens with one attached hydrogen (secondary N) is 1. The van der Waals surface area contributed by atoms with Crippen LogP contribution in [0.15, 0.2) is 54.1 Å². The number of hydrogen-bond acceptors (Lipinski definition) is 1. The van der Waals surface area contributed by atoms with E-state index in [4.69, 9.17) is 0 Å². The second kappa shape index (κ2) is 3.63. The molecule has 1 amide bonds. The third-order valence-electron chi connectivity index (χ3n) is 3.24. The van der Waals surface area contributed by atoms with Gasteiger partial charge in [0.05, 0.1) is 6.04 Å². The Morgan fingerprint density at radius 2 is 2.00 bits per heavy atom. The summed E-state index contributed by atoms with van der Waals surface area (Å²) in [5, 5.41) is 3.05. The Hall–Kier alpha value is -1.83. The fraction of sp³-hybridized carbons (Fsp3) is 0.214. The van der Waals surface area contributed by atoms with Crippen LogP contribution in [0.1, 0.15) is 18.0 Å². The topological polar surface area (TPSA) is 29.1 Å². The molecule has 3 rings (SSSR count). The van der Waals surface area contributed by atoms with E-state index >= 15 is 0 Å². The summed E-state index contributed by atoms with van der Waals surface area (Å²) in [7, 11) is 0. The van der Waals surface area contributed by atoms with Gasteiger partial charge in [-0.1, -0.05) is 48.6 Å². The van der Waals surface area contributed by atoms with Crippen LogP contribution >= 0.6 is 0 Å². The van der Waals surface area contributed by atoms with E-state index in [1.807, 2.05) is 24.3 Å². The fourth-order valence-electron chi connectivity index (χ4n) is 2.46. The molecule has 0 radical (unpaired) electrons. The van der Waals surface area contributed by atoms with Crippen molar-refractivity contribution >= 4 is 5.91 Å². The molecule has 16 heavy (non-hydrogen) atoms. The first-order chi connectivity index (χ1) is 7.86. The lowest BCUT2D eigenvalue weighted by Gasteiger charge is -2.18. The van der Waals surface area contributed by atoms with Gasteiger partial charge < -0.3 is 5.32 Å². The molecule has 0 spiro atoms. The van der Waals surface area contributed by atoms with Crippen LogP contribution in [-0.2, 0) is 4.79 Å². The van der Waals surface area contributed by atoms with Crippen molar-refractivity contribution in [2.75, 3.05) is 0 Å². The summed E-state index contributed by atoms with van der Waals surface area (Å²) in [4.78, 5) is 11.8. The van der Waals surface area contributed by atoms with E-state index in [1.54, 1.807) is 0 Å². The van der Waals surface area contributed by atoms with Gasteiger partial charge in [0.25, 0.3) is 0 Å². The molecular formula is C14H13NO. The van der Waals surface area contributed by atoms with Gasteiger partial charge in [0.2, 0.25) is 5.91 Å². The summed E-state index contributed by atoms with van der Waals surface area (Å²) in [6, 6.07) is 10.3. The molecule has 1 fully saturated rings. The summed E-state index contributed by atoms with van der Waals surface area (Å²) in [5.41, 5.74) is 2.10. The van der Waals surface area contributed by atoms with Gasteiger partial charge in [-0.2, -0.15) is 0 Å². The maximum absolute atomic E-state index is 11.8. The van der Waals surface area contributed by atoms with Crippen LogP contribution in [0.3, 0.4) is 0 Å². The minimum absolute atomic E-state index is 0.0863. The number of fused-ring (bicyclic) bond motifs is 1. The second-order valence-electron chi connectivity index (χ2n) is 4.21. The van der Waals surface area contributed by atoms with Gasteiger partial charge in [0.1, 0.15) is 0 Å². The molecule has 1 aliphatic carbocycles. The van der Waals surface area contributed by atoms with Crippen molar-refractivity contribution in [3.8, 4) is 0 Å². The average Bonchev–Trinajstić information content (AvgIpc) is 2.69. The van der Waals surface area contributed by atoms with Crippen molar-refractivity contribution in [2.24, 2.45) is 5.92 Å². The molecular weight excluding hydrogens is 198 g/mol. The molecule has 2 atom stereocenters. The summed E-state index contributed by atoms with van der Waals surface area (Å²) in [6.07, 6.45) is 7.18. The van der Waals surface area contributed by atoms with Crippen LogP contribution in [-0.4, -0.2) is 5.91 Å². The smallest absolute Gasteiger partial charge is 0.248 e. The van der Waals surface area contributed by atoms with E-state index in [-0.39, 0.29) is 17.9 Å². The van der Waals surface area contributed by atoms with Crippen molar-refractivity contribution in [1.82, 2.24) is 5.32 Å². The Labute approximate surface area is 94.7 Å². The third-order valence-corrected chi connectivity index (χ3v) is 3.24. The number of hydrogen-bond donors (Lipinski definition) is 1. The first-order valence-corrected chi connectivity index (χ1v) is 5.59. The van der Waals surface area contributed by atoms with Gasteiger partial charge in [-0.3, -0.25) is 4.79 Å². The van der Waals surface area contributed by atoms with E-state index in [1.165, 1.54) is 5.56 Å². The first-order valence-electron chi connectivity index (χ1n) is 5.59. The van der Waals surface area contributed by atoms with Crippen LogP contribution < -0.4 is 5.32 Å². The predicted molar refractivity (Wildman–Crippen MR) is 62.7 cm³/mol. The normalized spacial score (nSPS) is 27.2.